The van der Waals surface area contributed by atoms with Crippen LogP contribution in [0.4, 0.5) is 34.1 Å². The molecule has 0 bridgehead atoms. The molecule has 2 heterocycles. The fourth-order valence-electron chi connectivity index (χ4n) is 6.44. The van der Waals surface area contributed by atoms with Gasteiger partial charge < -0.3 is 19.3 Å². The Balaban J connectivity index is 1.42. The summed E-state index contributed by atoms with van der Waals surface area (Å²) in [5, 5.41) is 1.03. The Bertz CT molecular complexity index is 2180. The van der Waals surface area contributed by atoms with Crippen molar-refractivity contribution in [1.82, 2.24) is 4.98 Å². The summed E-state index contributed by atoms with van der Waals surface area (Å²) < 4.78 is 12.4. The lowest BCUT2D eigenvalue weighted by Gasteiger charge is -2.40. The number of para-hydroxylation sites is 6. The molecule has 0 N–H and O–H groups in total. The fourth-order valence-corrected chi connectivity index (χ4v) is 6.71. The van der Waals surface area contributed by atoms with E-state index in [0.717, 1.165) is 83.4 Å². The van der Waals surface area contributed by atoms with E-state index in [2.05, 4.69) is 165 Å². The predicted octanol–water partition coefficient (Wildman–Crippen LogP) is 11.6. The van der Waals surface area contributed by atoms with Gasteiger partial charge in [0, 0.05) is 27.2 Å². The van der Waals surface area contributed by atoms with Crippen LogP contribution >= 0.6 is 15.9 Å². The van der Waals surface area contributed by atoms with E-state index < -0.39 is 0 Å². The van der Waals surface area contributed by atoms with Crippen molar-refractivity contribution in [2.24, 2.45) is 0 Å². The van der Waals surface area contributed by atoms with Crippen molar-refractivity contribution in [3.8, 4) is 33.9 Å². The summed E-state index contributed by atoms with van der Waals surface area (Å²) in [5.41, 5.74) is 11.2. The maximum absolute atomic E-state index is 5.69. The van der Waals surface area contributed by atoms with E-state index in [1.807, 2.05) is 6.07 Å². The normalized spacial score (nSPS) is 12.1. The Morgan fingerprint density at radius 2 is 1.06 bits per heavy atom. The molecule has 0 radical (unpaired) electrons. The standard InChI is InChI=1S/C41H30BrN3O2/c1-46-31-23-28(24-32(25-31)47-2)34-26-35(27-19-21-29(42)22-20-27)43-41-33(34)13-10-18-40(41)45-38-16-8-6-14-36(38)44(30-11-4-3-5-12-30)37-15-7-9-17-39(37)45/h3-26H,1-2H3. The second kappa shape index (κ2) is 12.0. The zero-order valence-electron chi connectivity index (χ0n) is 25.9. The van der Waals surface area contributed by atoms with Gasteiger partial charge in [-0.05, 0) is 83.9 Å². The number of ether oxygens (including phenoxy) is 2. The van der Waals surface area contributed by atoms with Crippen LogP contribution in [0.15, 0.2) is 150 Å². The van der Waals surface area contributed by atoms with Crippen molar-refractivity contribution in [1.29, 1.82) is 0 Å². The van der Waals surface area contributed by atoms with Gasteiger partial charge in [0.15, 0.2) is 0 Å². The Morgan fingerprint density at radius 3 is 1.66 bits per heavy atom. The molecule has 47 heavy (non-hydrogen) atoms. The Morgan fingerprint density at radius 1 is 0.511 bits per heavy atom. The minimum Gasteiger partial charge on any atom is -0.497 e. The molecule has 1 aliphatic heterocycles. The third-order valence-corrected chi connectivity index (χ3v) is 9.13. The highest BCUT2D eigenvalue weighted by Crippen LogP contribution is 2.55. The van der Waals surface area contributed by atoms with Crippen LogP contribution in [0.25, 0.3) is 33.3 Å². The van der Waals surface area contributed by atoms with Crippen molar-refractivity contribution in [3.63, 3.8) is 0 Å². The Kier molecular flexibility index (Phi) is 7.35. The number of hydrogen-bond donors (Lipinski definition) is 0. The quantitative estimate of drug-likeness (QED) is 0.175. The first-order valence-corrected chi connectivity index (χ1v) is 16.2. The Hall–Kier alpha value is -5.59. The van der Waals surface area contributed by atoms with Gasteiger partial charge in [-0.15, -0.1) is 0 Å². The lowest BCUT2D eigenvalue weighted by atomic mass is 9.96. The summed E-state index contributed by atoms with van der Waals surface area (Å²) >= 11 is 3.60. The molecule has 1 aromatic heterocycles. The molecule has 0 aliphatic carbocycles. The number of hydrogen-bond acceptors (Lipinski definition) is 5. The van der Waals surface area contributed by atoms with Crippen LogP contribution in [-0.4, -0.2) is 19.2 Å². The molecule has 0 atom stereocenters. The van der Waals surface area contributed by atoms with Gasteiger partial charge in [-0.25, -0.2) is 4.98 Å². The van der Waals surface area contributed by atoms with Gasteiger partial charge in [-0.3, -0.25) is 0 Å². The summed E-state index contributed by atoms with van der Waals surface area (Å²) in [6.45, 7) is 0. The number of pyridine rings is 1. The van der Waals surface area contributed by atoms with Crippen LogP contribution in [0.5, 0.6) is 11.5 Å². The van der Waals surface area contributed by atoms with Crippen molar-refractivity contribution in [3.05, 3.63) is 150 Å². The number of rotatable bonds is 6. The minimum absolute atomic E-state index is 0.727. The molecule has 1 aliphatic rings. The predicted molar refractivity (Wildman–Crippen MR) is 196 cm³/mol. The van der Waals surface area contributed by atoms with Crippen LogP contribution in [0.3, 0.4) is 0 Å². The topological polar surface area (TPSA) is 37.8 Å². The molecule has 0 unspecified atom stereocenters. The lowest BCUT2D eigenvalue weighted by Crippen LogP contribution is -2.24. The van der Waals surface area contributed by atoms with Crippen molar-refractivity contribution < 1.29 is 9.47 Å². The van der Waals surface area contributed by atoms with Crippen LogP contribution in [-0.2, 0) is 0 Å². The lowest BCUT2D eigenvalue weighted by molar-refractivity contribution is 0.394. The van der Waals surface area contributed by atoms with Crippen LogP contribution in [0, 0.1) is 0 Å². The van der Waals surface area contributed by atoms with E-state index in [4.69, 9.17) is 14.5 Å². The zero-order chi connectivity index (χ0) is 31.9. The van der Waals surface area contributed by atoms with Gasteiger partial charge in [0.2, 0.25) is 0 Å². The molecule has 5 nitrogen and oxygen atoms in total. The molecule has 0 spiro atoms. The summed E-state index contributed by atoms with van der Waals surface area (Å²) in [6, 6.07) is 50.6. The molecule has 228 valence electrons. The minimum atomic E-state index is 0.727. The SMILES string of the molecule is COc1cc(OC)cc(-c2cc(-c3ccc(Br)cc3)nc3c(N4c5ccccc5N(c5ccccc5)c5ccccc54)cccc23)c1. The van der Waals surface area contributed by atoms with Crippen molar-refractivity contribution >= 4 is 61.0 Å². The van der Waals surface area contributed by atoms with Crippen LogP contribution < -0.4 is 19.3 Å². The molecule has 0 fully saturated rings. The second-order valence-corrected chi connectivity index (χ2v) is 12.2. The molecular weight excluding hydrogens is 646 g/mol. The van der Waals surface area contributed by atoms with E-state index in [1.165, 1.54) is 0 Å². The number of methoxy groups -OCH3 is 2. The van der Waals surface area contributed by atoms with E-state index >= 15 is 0 Å². The Labute approximate surface area is 282 Å². The number of halogens is 1. The fraction of sp³-hybridized carbons (Fsp3) is 0.0488. The first-order valence-electron chi connectivity index (χ1n) is 15.4. The van der Waals surface area contributed by atoms with Gasteiger partial charge in [0.1, 0.15) is 11.5 Å². The van der Waals surface area contributed by atoms with Crippen molar-refractivity contribution in [2.75, 3.05) is 24.0 Å². The summed E-state index contributed by atoms with van der Waals surface area (Å²) in [6.07, 6.45) is 0. The van der Waals surface area contributed by atoms with E-state index in [-0.39, 0.29) is 0 Å². The van der Waals surface area contributed by atoms with Gasteiger partial charge in [-0.2, -0.15) is 0 Å². The molecule has 8 rings (SSSR count). The largest absolute Gasteiger partial charge is 0.497 e. The second-order valence-electron chi connectivity index (χ2n) is 11.3. The molecule has 6 heteroatoms. The highest BCUT2D eigenvalue weighted by atomic mass is 79.9. The van der Waals surface area contributed by atoms with E-state index in [9.17, 15) is 0 Å². The first kappa shape index (κ1) is 28.9. The summed E-state index contributed by atoms with van der Waals surface area (Å²) in [7, 11) is 3.36. The molecule has 6 aromatic carbocycles. The molecule has 7 aromatic rings. The first-order chi connectivity index (χ1) is 23.1. The number of benzene rings is 6. The summed E-state index contributed by atoms with van der Waals surface area (Å²) in [5.74, 6) is 1.45. The highest BCUT2D eigenvalue weighted by Gasteiger charge is 2.31. The maximum atomic E-state index is 5.69. The molecule has 0 amide bonds. The highest BCUT2D eigenvalue weighted by molar-refractivity contribution is 9.10. The molecule has 0 saturated carbocycles. The monoisotopic (exact) mass is 675 g/mol. The van der Waals surface area contributed by atoms with Gasteiger partial charge in [-0.1, -0.05) is 82.7 Å². The molecule has 0 saturated heterocycles. The van der Waals surface area contributed by atoms with Crippen LogP contribution in [0.1, 0.15) is 0 Å². The number of anilines is 6. The third-order valence-electron chi connectivity index (χ3n) is 8.60. The number of fused-ring (bicyclic) bond motifs is 3. The molecular formula is C41H30BrN3O2. The summed E-state index contributed by atoms with van der Waals surface area (Å²) in [4.78, 5) is 10.1. The van der Waals surface area contributed by atoms with Gasteiger partial charge in [0.05, 0.1) is 53.9 Å². The number of aromatic nitrogens is 1. The average Bonchev–Trinajstić information content (AvgIpc) is 3.13. The zero-order valence-corrected chi connectivity index (χ0v) is 27.5. The van der Waals surface area contributed by atoms with Crippen molar-refractivity contribution in [2.45, 2.75) is 0 Å². The average molecular weight is 677 g/mol. The van der Waals surface area contributed by atoms with Gasteiger partial charge >= 0.3 is 0 Å². The maximum Gasteiger partial charge on any atom is 0.123 e. The van der Waals surface area contributed by atoms with E-state index in [1.54, 1.807) is 14.2 Å². The van der Waals surface area contributed by atoms with Gasteiger partial charge in [0.25, 0.3) is 0 Å². The number of nitrogens with zero attached hydrogens (tertiary/aromatic N) is 3. The smallest absolute Gasteiger partial charge is 0.123 e. The third kappa shape index (κ3) is 5.07. The van der Waals surface area contributed by atoms with Crippen LogP contribution in [0.2, 0.25) is 0 Å². The van der Waals surface area contributed by atoms with E-state index in [0.29, 0.717) is 0 Å².